The molecule has 0 bridgehead atoms. The Balaban J connectivity index is 1.91. The predicted molar refractivity (Wildman–Crippen MR) is 99.5 cm³/mol. The van der Waals surface area contributed by atoms with E-state index in [1.54, 1.807) is 0 Å². The van der Waals surface area contributed by atoms with Crippen molar-refractivity contribution in [1.82, 2.24) is 14.5 Å². The minimum atomic E-state index is -0.398. The van der Waals surface area contributed by atoms with Gasteiger partial charge in [0.1, 0.15) is 5.82 Å². The fourth-order valence-corrected chi connectivity index (χ4v) is 2.68. The Morgan fingerprint density at radius 3 is 2.67 bits per heavy atom. The van der Waals surface area contributed by atoms with Crippen molar-refractivity contribution in [2.75, 3.05) is 27.2 Å². The number of likely N-dealkylation sites (N-methyl/N-ethyl adjacent to an activating group) is 1. The maximum Gasteiger partial charge on any atom is 0.156 e. The highest BCUT2D eigenvalue weighted by Crippen LogP contribution is 2.22. The maximum atomic E-state index is 6.31. The predicted octanol–water partition coefficient (Wildman–Crippen LogP) is 4.09. The molecular weight excluding hydrogens is 322 g/mol. The number of halogens is 1. The standard InChI is InChI=1S/C19H28ClN3O/c1-4-5-11-23-12-10-21-18(23)15-16-6-8-17(9-7-16)19(20)24-14-13-22(2)3/h6-10,12,19H,4-5,11,13-15H2,1-3H3. The van der Waals surface area contributed by atoms with Crippen LogP contribution in [0.5, 0.6) is 0 Å². The number of aryl methyl sites for hydroxylation is 1. The first-order valence-electron chi connectivity index (χ1n) is 8.59. The fraction of sp³-hybridized carbons (Fsp3) is 0.526. The number of rotatable bonds is 10. The minimum absolute atomic E-state index is 0.398. The third-order valence-electron chi connectivity index (χ3n) is 3.96. The molecule has 1 heterocycles. The molecule has 0 spiro atoms. The zero-order chi connectivity index (χ0) is 17.4. The summed E-state index contributed by atoms with van der Waals surface area (Å²) >= 11 is 6.31. The van der Waals surface area contributed by atoms with Gasteiger partial charge in [0.05, 0.1) is 6.61 Å². The van der Waals surface area contributed by atoms with Crippen LogP contribution in [0.3, 0.4) is 0 Å². The van der Waals surface area contributed by atoms with E-state index in [-0.39, 0.29) is 0 Å². The Morgan fingerprint density at radius 2 is 2.00 bits per heavy atom. The monoisotopic (exact) mass is 349 g/mol. The molecule has 132 valence electrons. The third kappa shape index (κ3) is 5.93. The molecule has 1 aromatic heterocycles. The van der Waals surface area contributed by atoms with Crippen molar-refractivity contribution in [2.45, 2.75) is 38.3 Å². The van der Waals surface area contributed by atoms with Gasteiger partial charge in [0.15, 0.2) is 5.56 Å². The van der Waals surface area contributed by atoms with E-state index in [1.165, 1.54) is 18.4 Å². The van der Waals surface area contributed by atoms with Gasteiger partial charge in [0, 0.05) is 31.9 Å². The highest BCUT2D eigenvalue weighted by Gasteiger charge is 2.09. The van der Waals surface area contributed by atoms with Gasteiger partial charge < -0.3 is 14.2 Å². The summed E-state index contributed by atoms with van der Waals surface area (Å²) in [5.74, 6) is 1.11. The lowest BCUT2D eigenvalue weighted by atomic mass is 10.1. The van der Waals surface area contributed by atoms with Crippen LogP contribution in [-0.2, 0) is 17.7 Å². The molecule has 0 saturated heterocycles. The van der Waals surface area contributed by atoms with Crippen molar-refractivity contribution in [3.8, 4) is 0 Å². The summed E-state index contributed by atoms with van der Waals surface area (Å²) < 4.78 is 7.90. The van der Waals surface area contributed by atoms with Crippen molar-refractivity contribution in [3.63, 3.8) is 0 Å². The van der Waals surface area contributed by atoms with Gasteiger partial charge in [-0.3, -0.25) is 0 Å². The van der Waals surface area contributed by atoms with Crippen LogP contribution in [0.2, 0.25) is 0 Å². The second-order valence-electron chi connectivity index (χ2n) is 6.30. The number of unbranched alkanes of at least 4 members (excludes halogenated alkanes) is 1. The Kier molecular flexibility index (Phi) is 7.76. The average molecular weight is 350 g/mol. The Bertz CT molecular complexity index is 595. The molecule has 0 N–H and O–H groups in total. The lowest BCUT2D eigenvalue weighted by Crippen LogP contribution is -2.18. The molecule has 2 aromatic rings. The molecule has 0 aliphatic heterocycles. The van der Waals surface area contributed by atoms with E-state index in [0.29, 0.717) is 6.61 Å². The van der Waals surface area contributed by atoms with E-state index in [2.05, 4.69) is 39.7 Å². The fourth-order valence-electron chi connectivity index (χ4n) is 2.44. The van der Waals surface area contributed by atoms with Crippen LogP contribution in [0.25, 0.3) is 0 Å². The van der Waals surface area contributed by atoms with E-state index in [1.807, 2.05) is 32.4 Å². The van der Waals surface area contributed by atoms with Crippen LogP contribution in [0.15, 0.2) is 36.7 Å². The van der Waals surface area contributed by atoms with Crippen LogP contribution in [0, 0.1) is 0 Å². The van der Waals surface area contributed by atoms with Gasteiger partial charge >= 0.3 is 0 Å². The van der Waals surface area contributed by atoms with E-state index < -0.39 is 5.56 Å². The van der Waals surface area contributed by atoms with Crippen LogP contribution < -0.4 is 0 Å². The Labute approximate surface area is 150 Å². The number of alkyl halides is 1. The average Bonchev–Trinajstić information content (AvgIpc) is 3.00. The van der Waals surface area contributed by atoms with Gasteiger partial charge in [-0.2, -0.15) is 0 Å². The Hall–Kier alpha value is -1.36. The first kappa shape index (κ1) is 19.0. The molecule has 0 saturated carbocycles. The van der Waals surface area contributed by atoms with Crippen LogP contribution in [-0.4, -0.2) is 41.7 Å². The number of hydrogen-bond donors (Lipinski definition) is 0. The zero-order valence-corrected chi connectivity index (χ0v) is 15.7. The minimum Gasteiger partial charge on any atom is -0.357 e. The summed E-state index contributed by atoms with van der Waals surface area (Å²) in [5, 5.41) is 0. The molecule has 0 fully saturated rings. The first-order valence-corrected chi connectivity index (χ1v) is 9.03. The second kappa shape index (κ2) is 9.82. The molecule has 2 rings (SSSR count). The topological polar surface area (TPSA) is 30.3 Å². The molecule has 0 aliphatic carbocycles. The number of benzene rings is 1. The molecule has 1 atom stereocenters. The highest BCUT2D eigenvalue weighted by molar-refractivity contribution is 6.19. The molecular formula is C19H28ClN3O. The largest absolute Gasteiger partial charge is 0.357 e. The zero-order valence-electron chi connectivity index (χ0n) is 14.9. The van der Waals surface area contributed by atoms with Crippen LogP contribution >= 0.6 is 11.6 Å². The summed E-state index contributed by atoms with van der Waals surface area (Å²) in [7, 11) is 4.04. The molecule has 0 aliphatic rings. The normalized spacial score (nSPS) is 12.7. The highest BCUT2D eigenvalue weighted by atomic mass is 35.5. The Morgan fingerprint density at radius 1 is 1.25 bits per heavy atom. The molecule has 1 aromatic carbocycles. The summed E-state index contributed by atoms with van der Waals surface area (Å²) in [6.45, 7) is 4.73. The van der Waals surface area contributed by atoms with E-state index in [4.69, 9.17) is 16.3 Å². The SMILES string of the molecule is CCCCn1ccnc1Cc1ccc(C(Cl)OCCN(C)C)cc1. The lowest BCUT2D eigenvalue weighted by Gasteiger charge is -2.14. The van der Waals surface area contributed by atoms with Gasteiger partial charge in [-0.1, -0.05) is 49.2 Å². The van der Waals surface area contributed by atoms with Crippen LogP contribution in [0.4, 0.5) is 0 Å². The molecule has 1 unspecified atom stereocenters. The summed E-state index contributed by atoms with van der Waals surface area (Å²) in [5.41, 5.74) is 1.83. The lowest BCUT2D eigenvalue weighted by molar-refractivity contribution is 0.0939. The van der Waals surface area contributed by atoms with Crippen molar-refractivity contribution >= 4 is 11.6 Å². The molecule has 0 radical (unpaired) electrons. The van der Waals surface area contributed by atoms with E-state index >= 15 is 0 Å². The van der Waals surface area contributed by atoms with Crippen molar-refractivity contribution in [2.24, 2.45) is 0 Å². The van der Waals surface area contributed by atoms with Crippen molar-refractivity contribution < 1.29 is 4.74 Å². The van der Waals surface area contributed by atoms with E-state index in [9.17, 15) is 0 Å². The number of nitrogens with zero attached hydrogens (tertiary/aromatic N) is 3. The summed E-state index contributed by atoms with van der Waals surface area (Å²) in [6.07, 6.45) is 7.16. The third-order valence-corrected chi connectivity index (χ3v) is 4.34. The van der Waals surface area contributed by atoms with E-state index in [0.717, 1.165) is 30.9 Å². The summed E-state index contributed by atoms with van der Waals surface area (Å²) in [4.78, 5) is 6.56. The molecule has 4 nitrogen and oxygen atoms in total. The number of hydrogen-bond acceptors (Lipinski definition) is 3. The first-order chi connectivity index (χ1) is 11.6. The molecule has 24 heavy (non-hydrogen) atoms. The van der Waals surface area contributed by atoms with Crippen LogP contribution in [0.1, 0.15) is 42.3 Å². The van der Waals surface area contributed by atoms with Gasteiger partial charge in [-0.05, 0) is 31.6 Å². The van der Waals surface area contributed by atoms with Gasteiger partial charge in [-0.25, -0.2) is 4.98 Å². The van der Waals surface area contributed by atoms with Crippen molar-refractivity contribution in [3.05, 3.63) is 53.6 Å². The molecule has 5 heteroatoms. The number of aromatic nitrogens is 2. The van der Waals surface area contributed by atoms with Crippen molar-refractivity contribution in [1.29, 1.82) is 0 Å². The number of imidazole rings is 1. The second-order valence-corrected chi connectivity index (χ2v) is 6.70. The maximum absolute atomic E-state index is 6.31. The summed E-state index contributed by atoms with van der Waals surface area (Å²) in [6, 6.07) is 8.31. The molecule has 0 amide bonds. The van der Waals surface area contributed by atoms with Gasteiger partial charge in [0.25, 0.3) is 0 Å². The quantitative estimate of drug-likeness (QED) is 0.605. The van der Waals surface area contributed by atoms with Gasteiger partial charge in [-0.15, -0.1) is 0 Å². The smallest absolute Gasteiger partial charge is 0.156 e. The number of ether oxygens (including phenoxy) is 1. The van der Waals surface area contributed by atoms with Gasteiger partial charge in [0.2, 0.25) is 0 Å².